The van der Waals surface area contributed by atoms with Crippen LogP contribution in [0.3, 0.4) is 0 Å². The summed E-state index contributed by atoms with van der Waals surface area (Å²) in [6.07, 6.45) is 4.56. The summed E-state index contributed by atoms with van der Waals surface area (Å²) < 4.78 is 2.19. The molecule has 0 saturated heterocycles. The van der Waals surface area contributed by atoms with Crippen molar-refractivity contribution in [2.75, 3.05) is 13.1 Å². The van der Waals surface area contributed by atoms with Crippen LogP contribution in [-0.4, -0.2) is 45.3 Å². The fourth-order valence-electron chi connectivity index (χ4n) is 2.78. The summed E-state index contributed by atoms with van der Waals surface area (Å²) in [6, 6.07) is 0. The van der Waals surface area contributed by atoms with Crippen LogP contribution in [0.4, 0.5) is 0 Å². The molecule has 0 aliphatic carbocycles. The number of rotatable bonds is 5. The van der Waals surface area contributed by atoms with Crippen LogP contribution in [0.1, 0.15) is 58.6 Å². The van der Waals surface area contributed by atoms with Gasteiger partial charge in [-0.15, -0.1) is 34.2 Å². The van der Waals surface area contributed by atoms with Gasteiger partial charge >= 0.3 is 0 Å². The van der Waals surface area contributed by atoms with Crippen molar-refractivity contribution in [1.82, 2.24) is 30.7 Å². The summed E-state index contributed by atoms with van der Waals surface area (Å²) in [5.74, 6) is 2.49. The number of guanidine groups is 1. The van der Waals surface area contributed by atoms with Crippen molar-refractivity contribution in [3.8, 4) is 0 Å². The van der Waals surface area contributed by atoms with E-state index < -0.39 is 0 Å². The zero-order valence-corrected chi connectivity index (χ0v) is 18.6. The maximum absolute atomic E-state index is 11.9. The second-order valence-electron chi connectivity index (χ2n) is 7.34. The van der Waals surface area contributed by atoms with E-state index >= 15 is 0 Å². The molecule has 3 N–H and O–H groups in total. The van der Waals surface area contributed by atoms with Gasteiger partial charge in [-0.3, -0.25) is 4.79 Å². The van der Waals surface area contributed by atoms with E-state index in [9.17, 15) is 4.79 Å². The molecular weight excluding hydrogens is 445 g/mol. The Morgan fingerprint density at radius 2 is 1.96 bits per heavy atom. The molecule has 1 aliphatic rings. The van der Waals surface area contributed by atoms with E-state index in [4.69, 9.17) is 0 Å². The number of nitrogens with zero attached hydrogens (tertiary/aromatic N) is 4. The number of aromatic nitrogens is 3. The highest BCUT2D eigenvalue weighted by Crippen LogP contribution is 2.14. The molecule has 0 bridgehead atoms. The molecule has 0 saturated carbocycles. The quantitative estimate of drug-likeness (QED) is 0.340. The van der Waals surface area contributed by atoms with E-state index in [2.05, 4.69) is 35.7 Å². The molecule has 9 heteroatoms. The Hall–Kier alpha value is -1.39. The van der Waals surface area contributed by atoms with Crippen LogP contribution in [0, 0.1) is 0 Å². The fourth-order valence-corrected chi connectivity index (χ4v) is 2.78. The first-order valence-corrected chi connectivity index (χ1v) is 9.13. The third-order valence-electron chi connectivity index (χ3n) is 3.84. The number of aryl methyl sites for hydroxylation is 1. The number of carbonyl (C=O) groups is 1. The molecule has 1 amide bonds. The maximum atomic E-state index is 11.9. The Morgan fingerprint density at radius 1 is 1.19 bits per heavy atom. The lowest BCUT2D eigenvalue weighted by atomic mass is 10.1. The molecule has 1 aromatic heterocycles. The van der Waals surface area contributed by atoms with E-state index in [1.54, 1.807) is 0 Å². The molecule has 26 heavy (non-hydrogen) atoms. The predicted octanol–water partition coefficient (Wildman–Crippen LogP) is 1.59. The molecule has 2 rings (SSSR count). The average molecular weight is 477 g/mol. The van der Waals surface area contributed by atoms with Crippen LogP contribution in [0.2, 0.25) is 0 Å². The van der Waals surface area contributed by atoms with Crippen molar-refractivity contribution < 1.29 is 4.79 Å². The van der Waals surface area contributed by atoms with Gasteiger partial charge in [0.15, 0.2) is 11.8 Å². The Labute approximate surface area is 173 Å². The summed E-state index contributed by atoms with van der Waals surface area (Å²) in [7, 11) is 0. The van der Waals surface area contributed by atoms with Crippen molar-refractivity contribution in [1.29, 1.82) is 0 Å². The van der Waals surface area contributed by atoms with Crippen molar-refractivity contribution >= 4 is 35.8 Å². The van der Waals surface area contributed by atoms with Crippen LogP contribution >= 0.6 is 24.0 Å². The van der Waals surface area contributed by atoms with Crippen LogP contribution < -0.4 is 16.0 Å². The van der Waals surface area contributed by atoms with E-state index in [0.29, 0.717) is 12.5 Å². The Bertz CT molecular complexity index is 607. The van der Waals surface area contributed by atoms with Crippen molar-refractivity contribution in [3.05, 3.63) is 11.6 Å². The molecular formula is C17H32IN7O. The molecule has 0 radical (unpaired) electrons. The Kier molecular flexibility index (Phi) is 9.31. The van der Waals surface area contributed by atoms with Gasteiger partial charge in [0, 0.05) is 25.0 Å². The molecule has 0 aromatic carbocycles. The van der Waals surface area contributed by atoms with Gasteiger partial charge in [0.25, 0.3) is 0 Å². The summed E-state index contributed by atoms with van der Waals surface area (Å²) in [5, 5.41) is 17.7. The van der Waals surface area contributed by atoms with Crippen molar-refractivity contribution in [2.45, 2.75) is 72.0 Å². The lowest BCUT2D eigenvalue weighted by molar-refractivity contribution is -0.121. The molecule has 0 fully saturated rings. The molecule has 8 nitrogen and oxygen atoms in total. The molecule has 1 aromatic rings. The van der Waals surface area contributed by atoms with Crippen LogP contribution in [0.15, 0.2) is 4.99 Å². The van der Waals surface area contributed by atoms with E-state index in [-0.39, 0.29) is 42.0 Å². The summed E-state index contributed by atoms with van der Waals surface area (Å²) in [5.41, 5.74) is -0.243. The van der Waals surface area contributed by atoms with Gasteiger partial charge in [0.1, 0.15) is 12.4 Å². The van der Waals surface area contributed by atoms with Crippen LogP contribution in [-0.2, 0) is 24.3 Å². The molecule has 2 heterocycles. The first-order chi connectivity index (χ1) is 11.9. The molecule has 0 unspecified atom stereocenters. The first kappa shape index (κ1) is 22.7. The van der Waals surface area contributed by atoms with Crippen LogP contribution in [0.5, 0.6) is 0 Å². The SMILES string of the molecule is CCNC(=NCc1nnc2n1CCCCC2)NCC(=O)NC(C)(C)C.I. The van der Waals surface area contributed by atoms with Crippen molar-refractivity contribution in [3.63, 3.8) is 0 Å². The van der Waals surface area contributed by atoms with E-state index in [1.165, 1.54) is 12.8 Å². The van der Waals surface area contributed by atoms with Gasteiger partial charge < -0.3 is 20.5 Å². The minimum Gasteiger partial charge on any atom is -0.357 e. The number of nitrogens with one attached hydrogen (secondary N) is 3. The van der Waals surface area contributed by atoms with Gasteiger partial charge in [-0.25, -0.2) is 4.99 Å². The summed E-state index contributed by atoms with van der Waals surface area (Å²) in [6.45, 7) is 10.2. The first-order valence-electron chi connectivity index (χ1n) is 9.13. The van der Waals surface area contributed by atoms with Gasteiger partial charge in [-0.05, 0) is 40.5 Å². The monoisotopic (exact) mass is 477 g/mol. The third kappa shape index (κ3) is 7.46. The average Bonchev–Trinajstić information content (AvgIpc) is 2.75. The number of fused-ring (bicyclic) bond motifs is 1. The lowest BCUT2D eigenvalue weighted by Crippen LogP contribution is -2.48. The smallest absolute Gasteiger partial charge is 0.239 e. The second-order valence-corrected chi connectivity index (χ2v) is 7.34. The number of aliphatic imine (C=N–C) groups is 1. The molecule has 0 atom stereocenters. The molecule has 1 aliphatic heterocycles. The molecule has 148 valence electrons. The minimum absolute atomic E-state index is 0. The Balaban J connectivity index is 0.00000338. The summed E-state index contributed by atoms with van der Waals surface area (Å²) >= 11 is 0. The maximum Gasteiger partial charge on any atom is 0.239 e. The summed E-state index contributed by atoms with van der Waals surface area (Å²) in [4.78, 5) is 16.5. The zero-order valence-electron chi connectivity index (χ0n) is 16.3. The van der Waals surface area contributed by atoms with Crippen LogP contribution in [0.25, 0.3) is 0 Å². The predicted molar refractivity (Wildman–Crippen MR) is 114 cm³/mol. The largest absolute Gasteiger partial charge is 0.357 e. The second kappa shape index (κ2) is 10.7. The minimum atomic E-state index is -0.243. The standard InChI is InChI=1S/C17H31N7O.HI/c1-5-18-16(20-12-15(25)21-17(2,3)4)19-11-14-23-22-13-9-7-6-8-10-24(13)14;/h5-12H2,1-4H3,(H,21,25)(H2,18,19,20);1H. The number of amides is 1. The van der Waals surface area contributed by atoms with Gasteiger partial charge in [0.05, 0.1) is 6.54 Å². The van der Waals surface area contributed by atoms with Gasteiger partial charge in [-0.1, -0.05) is 6.42 Å². The number of halogens is 1. The lowest BCUT2D eigenvalue weighted by Gasteiger charge is -2.21. The topological polar surface area (TPSA) is 96.2 Å². The highest BCUT2D eigenvalue weighted by atomic mass is 127. The van der Waals surface area contributed by atoms with Crippen molar-refractivity contribution in [2.24, 2.45) is 4.99 Å². The molecule has 0 spiro atoms. The fraction of sp³-hybridized carbons (Fsp3) is 0.765. The number of hydrogen-bond donors (Lipinski definition) is 3. The zero-order chi connectivity index (χ0) is 18.3. The Morgan fingerprint density at radius 3 is 2.65 bits per heavy atom. The van der Waals surface area contributed by atoms with E-state index in [1.807, 2.05) is 27.7 Å². The normalized spacial score (nSPS) is 14.7. The number of carbonyl (C=O) groups excluding carboxylic acids is 1. The highest BCUT2D eigenvalue weighted by molar-refractivity contribution is 14.0. The highest BCUT2D eigenvalue weighted by Gasteiger charge is 2.15. The van der Waals surface area contributed by atoms with Gasteiger partial charge in [-0.2, -0.15) is 0 Å². The van der Waals surface area contributed by atoms with Gasteiger partial charge in [0.2, 0.25) is 5.91 Å². The number of hydrogen-bond acceptors (Lipinski definition) is 4. The third-order valence-corrected chi connectivity index (χ3v) is 3.84. The van der Waals surface area contributed by atoms with E-state index in [0.717, 1.165) is 37.6 Å².